The number of hydrogen-bond donors (Lipinski definition) is 0. The number of carbonyl (C=O) groups excluding carboxylic acids is 1. The maximum absolute atomic E-state index is 13.6. The van der Waals surface area contributed by atoms with Crippen molar-refractivity contribution in [3.8, 4) is 0 Å². The molecule has 1 atom stereocenters. The van der Waals surface area contributed by atoms with Crippen molar-refractivity contribution in [1.82, 2.24) is 15.0 Å². The van der Waals surface area contributed by atoms with Crippen LogP contribution in [-0.2, 0) is 11.2 Å². The second-order valence-electron chi connectivity index (χ2n) is 10.5. The highest BCUT2D eigenvalue weighted by Crippen LogP contribution is 2.60. The maximum atomic E-state index is 13.6. The molecule has 2 heterocycles. The molecule has 0 radical (unpaired) electrons. The van der Waals surface area contributed by atoms with E-state index in [9.17, 15) is 4.79 Å². The molecule has 1 amide bonds. The summed E-state index contributed by atoms with van der Waals surface area (Å²) in [6.07, 6.45) is 13.3. The van der Waals surface area contributed by atoms with Crippen LogP contribution in [0.3, 0.4) is 0 Å². The molecule has 1 saturated heterocycles. The Labute approximate surface area is 161 Å². The van der Waals surface area contributed by atoms with Crippen LogP contribution in [0.15, 0.2) is 4.52 Å². The fourth-order valence-corrected chi connectivity index (χ4v) is 7.23. The Morgan fingerprint density at radius 3 is 2.44 bits per heavy atom. The zero-order chi connectivity index (χ0) is 18.0. The zero-order valence-corrected chi connectivity index (χ0v) is 16.2. The van der Waals surface area contributed by atoms with Gasteiger partial charge in [0.25, 0.3) is 0 Å². The van der Waals surface area contributed by atoms with Crippen molar-refractivity contribution < 1.29 is 9.32 Å². The van der Waals surface area contributed by atoms with Crippen molar-refractivity contribution in [3.05, 3.63) is 11.7 Å². The van der Waals surface area contributed by atoms with Gasteiger partial charge in [-0.1, -0.05) is 5.16 Å². The number of amides is 1. The van der Waals surface area contributed by atoms with Crippen molar-refractivity contribution in [3.63, 3.8) is 0 Å². The molecule has 6 aliphatic rings. The monoisotopic (exact) mass is 369 g/mol. The minimum Gasteiger partial charge on any atom is -0.342 e. The third-order valence-corrected chi connectivity index (χ3v) is 8.19. The van der Waals surface area contributed by atoms with E-state index in [1.165, 1.54) is 57.8 Å². The van der Waals surface area contributed by atoms with Crippen LogP contribution in [0.1, 0.15) is 81.8 Å². The molecule has 0 aromatic carbocycles. The van der Waals surface area contributed by atoms with Crippen molar-refractivity contribution in [2.75, 3.05) is 13.1 Å². The minimum absolute atomic E-state index is 0.000268. The zero-order valence-electron chi connectivity index (χ0n) is 16.2. The minimum atomic E-state index is 0.000268. The molecular formula is C22H31N3O2. The molecule has 1 aromatic heterocycles. The Bertz CT molecular complexity index is 702. The number of likely N-dealkylation sites (tertiary alicyclic amines) is 1. The van der Waals surface area contributed by atoms with Crippen LogP contribution in [0.5, 0.6) is 0 Å². The third kappa shape index (κ3) is 2.92. The smallest absolute Gasteiger partial charge is 0.228 e. The summed E-state index contributed by atoms with van der Waals surface area (Å²) in [6, 6.07) is 0. The Balaban J connectivity index is 1.14. The number of aromatic nitrogens is 2. The van der Waals surface area contributed by atoms with E-state index in [0.29, 0.717) is 17.7 Å². The molecule has 146 valence electrons. The second-order valence-corrected chi connectivity index (χ2v) is 10.5. The van der Waals surface area contributed by atoms with E-state index in [2.05, 4.69) is 15.0 Å². The molecular weight excluding hydrogens is 338 g/mol. The Morgan fingerprint density at radius 2 is 1.78 bits per heavy atom. The van der Waals surface area contributed by atoms with Gasteiger partial charge in [0.1, 0.15) is 0 Å². The summed E-state index contributed by atoms with van der Waals surface area (Å²) < 4.78 is 5.50. The van der Waals surface area contributed by atoms with Crippen molar-refractivity contribution >= 4 is 5.91 Å². The van der Waals surface area contributed by atoms with Crippen LogP contribution in [0.25, 0.3) is 0 Å². The fraction of sp³-hybridized carbons (Fsp3) is 0.864. The summed E-state index contributed by atoms with van der Waals surface area (Å²) in [5, 5.41) is 4.16. The van der Waals surface area contributed by atoms with E-state index in [4.69, 9.17) is 4.52 Å². The van der Waals surface area contributed by atoms with Crippen LogP contribution in [0.4, 0.5) is 0 Å². The SMILES string of the molecule is O=C(N1CCCC(Cc2nc(C3CC3)no2)C1)C12CC3CC(CC(C3)C1)C2. The van der Waals surface area contributed by atoms with Gasteiger partial charge in [-0.25, -0.2) is 0 Å². The van der Waals surface area contributed by atoms with E-state index >= 15 is 0 Å². The summed E-state index contributed by atoms with van der Waals surface area (Å²) in [6.45, 7) is 1.84. The molecule has 1 aromatic rings. The van der Waals surface area contributed by atoms with E-state index in [0.717, 1.165) is 55.4 Å². The van der Waals surface area contributed by atoms with Gasteiger partial charge in [-0.05, 0) is 87.9 Å². The molecule has 7 rings (SSSR count). The average Bonchev–Trinajstić information content (AvgIpc) is 3.40. The first-order valence-corrected chi connectivity index (χ1v) is 11.3. The third-order valence-electron chi connectivity index (χ3n) is 8.19. The molecule has 27 heavy (non-hydrogen) atoms. The normalized spacial score (nSPS) is 40.5. The number of hydrogen-bond acceptors (Lipinski definition) is 4. The summed E-state index contributed by atoms with van der Waals surface area (Å²) in [4.78, 5) is 20.5. The molecule has 6 fully saturated rings. The molecule has 5 nitrogen and oxygen atoms in total. The number of nitrogens with zero attached hydrogens (tertiary/aromatic N) is 3. The summed E-state index contributed by atoms with van der Waals surface area (Å²) in [5.41, 5.74) is 0.000268. The summed E-state index contributed by atoms with van der Waals surface area (Å²) in [7, 11) is 0. The van der Waals surface area contributed by atoms with Gasteiger partial charge in [0.15, 0.2) is 5.82 Å². The van der Waals surface area contributed by atoms with Gasteiger partial charge >= 0.3 is 0 Å². The molecule has 0 N–H and O–H groups in total. The van der Waals surface area contributed by atoms with Gasteiger partial charge in [-0.2, -0.15) is 4.98 Å². The van der Waals surface area contributed by atoms with Crippen LogP contribution >= 0.6 is 0 Å². The van der Waals surface area contributed by atoms with Crippen molar-refractivity contribution in [2.45, 2.75) is 76.5 Å². The van der Waals surface area contributed by atoms with E-state index in [1.807, 2.05) is 0 Å². The molecule has 5 saturated carbocycles. The Hall–Kier alpha value is -1.39. The topological polar surface area (TPSA) is 59.2 Å². The van der Waals surface area contributed by atoms with Gasteiger partial charge in [-0.3, -0.25) is 4.79 Å². The number of carbonyl (C=O) groups is 1. The number of piperidine rings is 1. The summed E-state index contributed by atoms with van der Waals surface area (Å²) >= 11 is 0. The van der Waals surface area contributed by atoms with Crippen LogP contribution in [-0.4, -0.2) is 34.0 Å². The van der Waals surface area contributed by atoms with E-state index in [1.54, 1.807) is 0 Å². The lowest BCUT2D eigenvalue weighted by Gasteiger charge is -2.57. The van der Waals surface area contributed by atoms with Gasteiger partial charge < -0.3 is 9.42 Å². The van der Waals surface area contributed by atoms with Crippen LogP contribution < -0.4 is 0 Å². The van der Waals surface area contributed by atoms with Gasteiger partial charge in [0.05, 0.1) is 5.41 Å². The first kappa shape index (κ1) is 16.6. The Morgan fingerprint density at radius 1 is 1.07 bits per heavy atom. The van der Waals surface area contributed by atoms with Gasteiger partial charge in [0, 0.05) is 25.4 Å². The lowest BCUT2D eigenvalue weighted by Crippen LogP contribution is -2.56. The van der Waals surface area contributed by atoms with E-state index < -0.39 is 0 Å². The quantitative estimate of drug-likeness (QED) is 0.806. The van der Waals surface area contributed by atoms with E-state index in [-0.39, 0.29) is 5.41 Å². The van der Waals surface area contributed by atoms with Gasteiger partial charge in [0.2, 0.25) is 11.8 Å². The Kier molecular flexibility index (Phi) is 3.71. The predicted molar refractivity (Wildman–Crippen MR) is 99.9 cm³/mol. The average molecular weight is 370 g/mol. The molecule has 4 bridgehead atoms. The maximum Gasteiger partial charge on any atom is 0.228 e. The number of rotatable bonds is 4. The molecule has 5 aliphatic carbocycles. The standard InChI is InChI=1S/C22H31N3O2/c26-21(22-10-15-6-16(11-22)8-17(7-15)12-22)25-5-1-2-14(13-25)9-19-23-20(24-27-19)18-3-4-18/h14-18H,1-13H2. The predicted octanol–water partition coefficient (Wildman–Crippen LogP) is 3.94. The molecule has 1 unspecified atom stereocenters. The second kappa shape index (κ2) is 6.05. The lowest BCUT2D eigenvalue weighted by atomic mass is 9.49. The first-order chi connectivity index (χ1) is 13.2. The molecule has 5 heteroatoms. The van der Waals surface area contributed by atoms with Crippen LogP contribution in [0, 0.1) is 29.1 Å². The van der Waals surface area contributed by atoms with Gasteiger partial charge in [-0.15, -0.1) is 0 Å². The largest absolute Gasteiger partial charge is 0.342 e. The van der Waals surface area contributed by atoms with Crippen molar-refractivity contribution in [2.24, 2.45) is 29.1 Å². The van der Waals surface area contributed by atoms with Crippen LogP contribution in [0.2, 0.25) is 0 Å². The highest BCUT2D eigenvalue weighted by molar-refractivity contribution is 5.83. The van der Waals surface area contributed by atoms with Crippen molar-refractivity contribution in [1.29, 1.82) is 0 Å². The molecule has 1 aliphatic heterocycles. The first-order valence-electron chi connectivity index (χ1n) is 11.3. The highest BCUT2D eigenvalue weighted by Gasteiger charge is 2.55. The molecule has 0 spiro atoms. The highest BCUT2D eigenvalue weighted by atomic mass is 16.5. The summed E-state index contributed by atoms with van der Waals surface area (Å²) in [5.74, 6) is 5.70. The lowest BCUT2D eigenvalue weighted by molar-refractivity contribution is -0.159. The fourth-order valence-electron chi connectivity index (χ4n) is 7.23.